The van der Waals surface area contributed by atoms with Gasteiger partial charge in [-0.25, -0.2) is 18.2 Å². The molecule has 0 radical (unpaired) electrons. The number of sulfonamides is 1. The first-order chi connectivity index (χ1) is 8.90. The van der Waals surface area contributed by atoms with Gasteiger partial charge in [-0.1, -0.05) is 0 Å². The van der Waals surface area contributed by atoms with Crippen molar-refractivity contribution in [1.29, 1.82) is 0 Å². The van der Waals surface area contributed by atoms with E-state index in [4.69, 9.17) is 5.11 Å². The lowest BCUT2D eigenvalue weighted by Crippen LogP contribution is -2.15. The van der Waals surface area contributed by atoms with E-state index in [9.17, 15) is 13.2 Å². The monoisotopic (exact) mass is 298 g/mol. The Morgan fingerprint density at radius 3 is 2.68 bits per heavy atom. The Kier molecular flexibility index (Phi) is 3.54. The smallest absolute Gasteiger partial charge is 0.339 e. The van der Waals surface area contributed by atoms with Crippen molar-refractivity contribution in [3.63, 3.8) is 0 Å². The highest BCUT2D eigenvalue weighted by atomic mass is 32.2. The van der Waals surface area contributed by atoms with Crippen LogP contribution in [0.25, 0.3) is 0 Å². The molecule has 19 heavy (non-hydrogen) atoms. The summed E-state index contributed by atoms with van der Waals surface area (Å²) in [6.45, 7) is 1.78. The molecule has 0 aromatic carbocycles. The van der Waals surface area contributed by atoms with Gasteiger partial charge in [0.1, 0.15) is 9.77 Å². The molecule has 0 fully saturated rings. The number of nitrogens with zero attached hydrogens (tertiary/aromatic N) is 1. The predicted molar refractivity (Wildman–Crippen MR) is 71.1 cm³/mol. The number of nitrogens with one attached hydrogen (secondary N) is 1. The lowest BCUT2D eigenvalue weighted by molar-refractivity contribution is 0.0697. The number of rotatable bonds is 4. The standard InChI is InChI=1S/C11H10N2O4S2/c1-7-4-5-9(18-7)19(16,17)13-10-8(11(14)15)3-2-6-12-10/h2-6H,1H3,(H,12,13)(H,14,15). The van der Waals surface area contributed by atoms with E-state index in [-0.39, 0.29) is 15.6 Å². The van der Waals surface area contributed by atoms with Crippen LogP contribution in [0.15, 0.2) is 34.7 Å². The van der Waals surface area contributed by atoms with Crippen molar-refractivity contribution in [2.75, 3.05) is 4.72 Å². The first kappa shape index (κ1) is 13.5. The molecule has 0 spiro atoms. The van der Waals surface area contributed by atoms with Crippen LogP contribution in [0.1, 0.15) is 15.2 Å². The molecule has 0 aliphatic rings. The van der Waals surface area contributed by atoms with Gasteiger partial charge in [0, 0.05) is 11.1 Å². The van der Waals surface area contributed by atoms with E-state index in [2.05, 4.69) is 9.71 Å². The maximum absolute atomic E-state index is 12.1. The summed E-state index contributed by atoms with van der Waals surface area (Å²) in [7, 11) is -3.81. The van der Waals surface area contributed by atoms with E-state index in [1.54, 1.807) is 13.0 Å². The zero-order valence-corrected chi connectivity index (χ0v) is 11.5. The Bertz CT molecular complexity index is 722. The van der Waals surface area contributed by atoms with Gasteiger partial charge in [-0.2, -0.15) is 0 Å². The number of aromatic carboxylic acids is 1. The van der Waals surface area contributed by atoms with Gasteiger partial charge < -0.3 is 5.11 Å². The van der Waals surface area contributed by atoms with Crippen molar-refractivity contribution in [2.24, 2.45) is 0 Å². The summed E-state index contributed by atoms with van der Waals surface area (Å²) >= 11 is 1.10. The molecular weight excluding hydrogens is 288 g/mol. The summed E-state index contributed by atoms with van der Waals surface area (Å²) in [4.78, 5) is 15.6. The lowest BCUT2D eigenvalue weighted by Gasteiger charge is -2.07. The van der Waals surface area contributed by atoms with Crippen LogP contribution in [-0.2, 0) is 10.0 Å². The summed E-state index contributed by atoms with van der Waals surface area (Å²) in [6.07, 6.45) is 1.32. The number of aromatic nitrogens is 1. The molecule has 0 unspecified atom stereocenters. The molecule has 8 heteroatoms. The molecule has 0 aliphatic carbocycles. The number of aryl methyl sites for hydroxylation is 1. The van der Waals surface area contributed by atoms with Crippen molar-refractivity contribution in [1.82, 2.24) is 4.98 Å². The second-order valence-electron chi connectivity index (χ2n) is 3.68. The molecule has 2 heterocycles. The second kappa shape index (κ2) is 4.98. The molecule has 0 atom stereocenters. The van der Waals surface area contributed by atoms with Crippen LogP contribution in [-0.4, -0.2) is 24.5 Å². The normalized spacial score (nSPS) is 11.2. The van der Waals surface area contributed by atoms with Crippen molar-refractivity contribution in [3.05, 3.63) is 40.9 Å². The van der Waals surface area contributed by atoms with Gasteiger partial charge in [-0.3, -0.25) is 4.72 Å². The third-order valence-corrected chi connectivity index (χ3v) is 5.08. The minimum atomic E-state index is -3.81. The molecule has 6 nitrogen and oxygen atoms in total. The van der Waals surface area contributed by atoms with E-state index in [0.29, 0.717) is 0 Å². The van der Waals surface area contributed by atoms with Gasteiger partial charge in [0.05, 0.1) is 0 Å². The van der Waals surface area contributed by atoms with Gasteiger partial charge >= 0.3 is 5.97 Å². The third-order valence-electron chi connectivity index (χ3n) is 2.25. The number of hydrogen-bond acceptors (Lipinski definition) is 5. The average Bonchev–Trinajstić information content (AvgIpc) is 2.76. The van der Waals surface area contributed by atoms with Crippen LogP contribution in [0, 0.1) is 6.92 Å². The molecule has 100 valence electrons. The quantitative estimate of drug-likeness (QED) is 0.899. The molecule has 0 aliphatic heterocycles. The van der Waals surface area contributed by atoms with Crippen molar-refractivity contribution < 1.29 is 18.3 Å². The highest BCUT2D eigenvalue weighted by Gasteiger charge is 2.20. The average molecular weight is 298 g/mol. The first-order valence-electron chi connectivity index (χ1n) is 5.18. The molecule has 2 N–H and O–H groups in total. The number of carboxylic acid groups (broad SMARTS) is 1. The van der Waals surface area contributed by atoms with Gasteiger partial charge in [-0.15, -0.1) is 11.3 Å². The Morgan fingerprint density at radius 2 is 2.11 bits per heavy atom. The Balaban J connectivity index is 2.39. The van der Waals surface area contributed by atoms with Gasteiger partial charge in [-0.05, 0) is 31.2 Å². The van der Waals surface area contributed by atoms with Crippen LogP contribution in [0.4, 0.5) is 5.82 Å². The zero-order valence-electron chi connectivity index (χ0n) is 9.82. The Morgan fingerprint density at radius 1 is 1.37 bits per heavy atom. The van der Waals surface area contributed by atoms with Crippen LogP contribution in [0.3, 0.4) is 0 Å². The van der Waals surface area contributed by atoms with E-state index in [0.717, 1.165) is 16.2 Å². The summed E-state index contributed by atoms with van der Waals surface area (Å²) in [5, 5.41) is 8.96. The Labute approximate surface area is 113 Å². The Hall–Kier alpha value is -1.93. The predicted octanol–water partition coefficient (Wildman–Crippen LogP) is 1.95. The van der Waals surface area contributed by atoms with Gasteiger partial charge in [0.2, 0.25) is 0 Å². The van der Waals surface area contributed by atoms with Crippen LogP contribution in [0.5, 0.6) is 0 Å². The van der Waals surface area contributed by atoms with E-state index < -0.39 is 16.0 Å². The number of carbonyl (C=O) groups is 1. The molecule has 0 bridgehead atoms. The fraction of sp³-hybridized carbons (Fsp3) is 0.0909. The van der Waals surface area contributed by atoms with E-state index in [1.807, 2.05) is 0 Å². The largest absolute Gasteiger partial charge is 0.478 e. The first-order valence-corrected chi connectivity index (χ1v) is 7.48. The lowest BCUT2D eigenvalue weighted by atomic mass is 10.3. The zero-order chi connectivity index (χ0) is 14.0. The second-order valence-corrected chi connectivity index (χ2v) is 6.87. The van der Waals surface area contributed by atoms with Crippen molar-refractivity contribution in [2.45, 2.75) is 11.1 Å². The van der Waals surface area contributed by atoms with Crippen LogP contribution < -0.4 is 4.72 Å². The van der Waals surface area contributed by atoms with Gasteiger partial charge in [0.25, 0.3) is 10.0 Å². The highest BCUT2D eigenvalue weighted by molar-refractivity contribution is 7.94. The molecule has 0 amide bonds. The van der Waals surface area contributed by atoms with Gasteiger partial charge in [0.15, 0.2) is 5.82 Å². The van der Waals surface area contributed by atoms with Crippen molar-refractivity contribution >= 4 is 33.1 Å². The summed E-state index contributed by atoms with van der Waals surface area (Å²) in [5.74, 6) is -1.44. The SMILES string of the molecule is Cc1ccc(S(=O)(=O)Nc2ncccc2C(=O)O)s1. The number of anilines is 1. The minimum absolute atomic E-state index is 0.118. The summed E-state index contributed by atoms with van der Waals surface area (Å²) < 4.78 is 26.4. The molecular formula is C11H10N2O4S2. The number of hydrogen-bond donors (Lipinski definition) is 2. The van der Waals surface area contributed by atoms with E-state index >= 15 is 0 Å². The summed E-state index contributed by atoms with van der Waals surface area (Å²) in [6, 6.07) is 5.85. The molecule has 0 saturated carbocycles. The van der Waals surface area contributed by atoms with Crippen molar-refractivity contribution in [3.8, 4) is 0 Å². The third kappa shape index (κ3) is 2.91. The maximum Gasteiger partial charge on any atom is 0.339 e. The van der Waals surface area contributed by atoms with Crippen LogP contribution in [0.2, 0.25) is 0 Å². The minimum Gasteiger partial charge on any atom is -0.478 e. The number of pyridine rings is 1. The fourth-order valence-corrected chi connectivity index (χ4v) is 3.71. The number of thiophene rings is 1. The summed E-state index contributed by atoms with van der Waals surface area (Å²) in [5.41, 5.74) is -0.195. The fourth-order valence-electron chi connectivity index (χ4n) is 1.39. The molecule has 2 rings (SSSR count). The maximum atomic E-state index is 12.1. The van der Waals surface area contributed by atoms with E-state index in [1.165, 1.54) is 24.4 Å². The topological polar surface area (TPSA) is 96.4 Å². The molecule has 2 aromatic heterocycles. The molecule has 0 saturated heterocycles. The van der Waals surface area contributed by atoms with Crippen LogP contribution >= 0.6 is 11.3 Å². The number of carboxylic acids is 1. The highest BCUT2D eigenvalue weighted by Crippen LogP contribution is 2.23. The molecule has 2 aromatic rings.